The van der Waals surface area contributed by atoms with Gasteiger partial charge in [0.15, 0.2) is 27.0 Å². The van der Waals surface area contributed by atoms with E-state index in [-0.39, 0.29) is 38.4 Å². The van der Waals surface area contributed by atoms with Crippen molar-refractivity contribution in [3.63, 3.8) is 0 Å². The molecule has 0 unspecified atom stereocenters. The van der Waals surface area contributed by atoms with E-state index in [1.165, 1.54) is 25.3 Å². The molecule has 0 atom stereocenters. The maximum absolute atomic E-state index is 12.9. The molecule has 0 bridgehead atoms. The second-order valence-electron chi connectivity index (χ2n) is 6.38. The Morgan fingerprint density at radius 3 is 2.59 bits per heavy atom. The second kappa shape index (κ2) is 7.17. The smallest absolute Gasteiger partial charge is 0.227 e. The molecule has 12 heteroatoms. The zero-order valence-electron chi connectivity index (χ0n) is 15.2. The highest BCUT2D eigenvalue weighted by atomic mass is 32.2. The summed E-state index contributed by atoms with van der Waals surface area (Å²) in [7, 11) is -3.75. The van der Waals surface area contributed by atoms with Gasteiger partial charge in [-0.05, 0) is 24.6 Å². The van der Waals surface area contributed by atoms with Crippen molar-refractivity contribution in [3.05, 3.63) is 36.2 Å². The molecule has 0 radical (unpaired) electrons. The third-order valence-corrected chi connectivity index (χ3v) is 8.12. The zero-order chi connectivity index (χ0) is 20.8. The van der Waals surface area contributed by atoms with E-state index < -0.39 is 21.7 Å². The third-order valence-electron chi connectivity index (χ3n) is 4.40. The number of rotatable bonds is 4. The molecule has 1 aliphatic rings. The summed E-state index contributed by atoms with van der Waals surface area (Å²) in [5, 5.41) is 3.45. The molecular weight excluding hydrogens is 427 g/mol. The van der Waals surface area contributed by atoms with E-state index in [1.807, 2.05) is 0 Å². The van der Waals surface area contributed by atoms with Gasteiger partial charge in [0.25, 0.3) is 0 Å². The van der Waals surface area contributed by atoms with Crippen molar-refractivity contribution in [3.8, 4) is 11.4 Å². The van der Waals surface area contributed by atoms with E-state index in [2.05, 4.69) is 19.4 Å². The minimum absolute atomic E-state index is 0.0247. The van der Waals surface area contributed by atoms with Crippen molar-refractivity contribution in [1.29, 1.82) is 0 Å². The predicted molar refractivity (Wildman–Crippen MR) is 103 cm³/mol. The number of hydrogen-bond donors (Lipinski definition) is 0. The van der Waals surface area contributed by atoms with E-state index >= 15 is 0 Å². The number of hydrogen-bond acceptors (Lipinski definition) is 6. The Kier molecular flexibility index (Phi) is 4.93. The van der Waals surface area contributed by atoms with Gasteiger partial charge in [-0.2, -0.15) is 18.3 Å². The summed E-state index contributed by atoms with van der Waals surface area (Å²) < 4.78 is 69.3. The second-order valence-corrected chi connectivity index (χ2v) is 10.5. The molecule has 3 aromatic rings. The molecule has 1 saturated heterocycles. The van der Waals surface area contributed by atoms with Crippen LogP contribution in [0.15, 0.2) is 39.7 Å². The summed E-state index contributed by atoms with van der Waals surface area (Å²) in [6.45, 7) is 1.51. The van der Waals surface area contributed by atoms with Crippen molar-refractivity contribution in [1.82, 2.24) is 19.6 Å². The molecule has 0 saturated carbocycles. The molecule has 3 aromatic heterocycles. The van der Waals surface area contributed by atoms with Crippen LogP contribution in [-0.2, 0) is 26.7 Å². The number of halogens is 3. The Hall–Kier alpha value is -2.34. The van der Waals surface area contributed by atoms with Gasteiger partial charge in [0.2, 0.25) is 0 Å². The first kappa shape index (κ1) is 20.0. The lowest BCUT2D eigenvalue weighted by Gasteiger charge is -2.16. The van der Waals surface area contributed by atoms with Crippen molar-refractivity contribution in [2.45, 2.75) is 24.4 Å². The van der Waals surface area contributed by atoms with E-state index in [1.54, 1.807) is 6.07 Å². The maximum atomic E-state index is 12.9. The summed E-state index contributed by atoms with van der Waals surface area (Å²) >= 11 is 0. The first-order valence-electron chi connectivity index (χ1n) is 8.74. The van der Waals surface area contributed by atoms with Crippen LogP contribution in [0, 0.1) is 0 Å². The van der Waals surface area contributed by atoms with Crippen LogP contribution in [0.2, 0.25) is 0 Å². The summed E-state index contributed by atoms with van der Waals surface area (Å²) in [5.74, 6) is 2.21. The lowest BCUT2D eigenvalue weighted by atomic mass is 10.2. The Labute approximate surface area is 167 Å². The minimum atomic E-state index is -4.61. The summed E-state index contributed by atoms with van der Waals surface area (Å²) in [4.78, 5) is 8.54. The van der Waals surface area contributed by atoms with Crippen molar-refractivity contribution >= 4 is 32.0 Å². The molecule has 4 heterocycles. The number of alkyl halides is 3. The molecule has 0 spiro atoms. The van der Waals surface area contributed by atoms with E-state index in [0.29, 0.717) is 5.82 Å². The molecule has 29 heavy (non-hydrogen) atoms. The third kappa shape index (κ3) is 3.90. The van der Waals surface area contributed by atoms with E-state index in [0.717, 1.165) is 28.5 Å². The number of nitrogens with zero attached hydrogens (tertiary/aromatic N) is 5. The quantitative estimate of drug-likeness (QED) is 0.616. The van der Waals surface area contributed by atoms with Crippen LogP contribution in [0.3, 0.4) is 0 Å². The molecule has 1 aliphatic heterocycles. The molecule has 0 aliphatic carbocycles. The first-order valence-corrected chi connectivity index (χ1v) is 11.9. The standard InChI is InChI=1S/C17H16F3N5O2S2/c1-2-29(26,27)12-4-5-14(24-28-8-3-9-28)22-16(12)11-6-7-25-15(21-11)10-13(23-25)17(18,19)20/h4-7,10H,2-3,8-9H2,1H3. The molecular formula is C17H16F3N5O2S2. The van der Waals surface area contributed by atoms with Gasteiger partial charge in [-0.1, -0.05) is 17.6 Å². The summed E-state index contributed by atoms with van der Waals surface area (Å²) in [5.41, 5.74) is -0.909. The minimum Gasteiger partial charge on any atom is -0.227 e. The van der Waals surface area contributed by atoms with Gasteiger partial charge in [0, 0.05) is 23.8 Å². The fourth-order valence-corrected chi connectivity index (χ4v) is 4.85. The Bertz CT molecular complexity index is 1230. The average Bonchev–Trinajstić information content (AvgIpc) is 3.08. The lowest BCUT2D eigenvalue weighted by molar-refractivity contribution is -0.141. The predicted octanol–water partition coefficient (Wildman–Crippen LogP) is 3.44. The molecule has 7 nitrogen and oxygen atoms in total. The number of sulfone groups is 1. The Morgan fingerprint density at radius 2 is 1.97 bits per heavy atom. The van der Waals surface area contributed by atoms with Gasteiger partial charge in [-0.25, -0.2) is 27.3 Å². The van der Waals surface area contributed by atoms with E-state index in [4.69, 9.17) is 0 Å². The van der Waals surface area contributed by atoms with E-state index in [9.17, 15) is 21.6 Å². The van der Waals surface area contributed by atoms with Gasteiger partial charge >= 0.3 is 6.18 Å². The number of aromatic nitrogens is 4. The van der Waals surface area contributed by atoms with Gasteiger partial charge in [0.1, 0.15) is 5.69 Å². The van der Waals surface area contributed by atoms with Crippen LogP contribution in [0.25, 0.3) is 17.0 Å². The lowest BCUT2D eigenvalue weighted by Crippen LogP contribution is -2.15. The van der Waals surface area contributed by atoms with Crippen LogP contribution in [-0.4, -0.2) is 45.3 Å². The topological polar surface area (TPSA) is 89.6 Å². The highest BCUT2D eigenvalue weighted by molar-refractivity contribution is 7.91. The van der Waals surface area contributed by atoms with Crippen LogP contribution in [0.4, 0.5) is 19.0 Å². The largest absolute Gasteiger partial charge is 0.435 e. The SMILES string of the molecule is CCS(=O)(=O)c1ccc(N=S2CCC2)nc1-c1ccn2nc(C(F)(F)F)cc2n1. The number of pyridine rings is 1. The van der Waals surface area contributed by atoms with Crippen LogP contribution in [0.5, 0.6) is 0 Å². The highest BCUT2D eigenvalue weighted by Crippen LogP contribution is 2.31. The molecule has 0 N–H and O–H groups in total. The van der Waals surface area contributed by atoms with Gasteiger partial charge < -0.3 is 0 Å². The normalized spacial score (nSPS) is 15.4. The molecule has 0 aromatic carbocycles. The zero-order valence-corrected chi connectivity index (χ0v) is 16.9. The van der Waals surface area contributed by atoms with Crippen LogP contribution < -0.4 is 0 Å². The molecule has 4 rings (SSSR count). The highest BCUT2D eigenvalue weighted by Gasteiger charge is 2.34. The fourth-order valence-electron chi connectivity index (χ4n) is 2.72. The Morgan fingerprint density at radius 1 is 1.21 bits per heavy atom. The number of fused-ring (bicyclic) bond motifs is 1. The summed E-state index contributed by atoms with van der Waals surface area (Å²) in [6, 6.07) is 5.19. The molecule has 154 valence electrons. The van der Waals surface area contributed by atoms with Crippen molar-refractivity contribution < 1.29 is 21.6 Å². The van der Waals surface area contributed by atoms with Crippen LogP contribution in [0.1, 0.15) is 19.0 Å². The molecule has 1 fully saturated rings. The van der Waals surface area contributed by atoms with Gasteiger partial charge in [0.05, 0.1) is 16.3 Å². The summed E-state index contributed by atoms with van der Waals surface area (Å²) in [6.07, 6.45) is -2.21. The molecule has 0 amide bonds. The average molecular weight is 443 g/mol. The van der Waals surface area contributed by atoms with Crippen molar-refractivity contribution in [2.75, 3.05) is 17.3 Å². The van der Waals surface area contributed by atoms with Gasteiger partial charge in [-0.15, -0.1) is 0 Å². The first-order chi connectivity index (χ1) is 13.7. The van der Waals surface area contributed by atoms with Gasteiger partial charge in [-0.3, -0.25) is 0 Å². The monoisotopic (exact) mass is 443 g/mol. The Balaban J connectivity index is 1.88. The van der Waals surface area contributed by atoms with Crippen molar-refractivity contribution in [2.24, 2.45) is 4.36 Å². The maximum Gasteiger partial charge on any atom is 0.435 e. The van der Waals surface area contributed by atoms with Crippen LogP contribution >= 0.6 is 0 Å². The fraction of sp³-hybridized carbons (Fsp3) is 0.353.